The van der Waals surface area contributed by atoms with Gasteiger partial charge in [0.15, 0.2) is 6.71 Å². The molecule has 9 heavy (non-hydrogen) atoms. The van der Waals surface area contributed by atoms with Gasteiger partial charge in [-0.3, -0.25) is 4.57 Å². The Bertz CT molecular complexity index is 148. The minimum absolute atomic E-state index is 0.192. The van der Waals surface area contributed by atoms with E-state index in [2.05, 4.69) is 0 Å². The van der Waals surface area contributed by atoms with Gasteiger partial charge in [-0.2, -0.15) is 0 Å². The van der Waals surface area contributed by atoms with E-state index in [1.165, 1.54) is 5.98 Å². The minimum atomic E-state index is -3.90. The van der Waals surface area contributed by atoms with E-state index >= 15 is 0 Å². The number of hydrogen-bond acceptors (Lipinski definition) is 1. The molecule has 0 bridgehead atoms. The monoisotopic (exact) mass is 148 g/mol. The lowest BCUT2D eigenvalue weighted by Gasteiger charge is -1.93. The number of rotatable bonds is 2. The molecule has 0 aromatic rings. The normalized spacial score (nSPS) is 12.4. The van der Waals surface area contributed by atoms with Gasteiger partial charge in [-0.25, -0.2) is 0 Å². The zero-order valence-electron chi connectivity index (χ0n) is 5.48. The second kappa shape index (κ2) is 3.21. The van der Waals surface area contributed by atoms with Crippen LogP contribution in [0.3, 0.4) is 0 Å². The van der Waals surface area contributed by atoms with Crippen LogP contribution < -0.4 is 0 Å². The van der Waals surface area contributed by atoms with Gasteiger partial charge in [0.1, 0.15) is 0 Å². The molecular weight excluding hydrogens is 138 g/mol. The molecule has 0 aliphatic carbocycles. The molecule has 0 rings (SSSR count). The van der Waals surface area contributed by atoms with Gasteiger partial charge in [-0.15, -0.1) is 5.98 Å². The van der Waals surface area contributed by atoms with Crippen LogP contribution in [0, 0.1) is 0 Å². The van der Waals surface area contributed by atoms with Gasteiger partial charge in [-0.05, 0) is 0 Å². The highest BCUT2D eigenvalue weighted by atomic mass is 31.2. The number of hydrogen-bond donors (Lipinski definition) is 2. The molecule has 0 saturated heterocycles. The Morgan fingerprint density at radius 1 is 1.44 bits per heavy atom. The van der Waals surface area contributed by atoms with E-state index in [1.54, 1.807) is 0 Å². The molecule has 0 aromatic heterocycles. The van der Waals surface area contributed by atoms with Gasteiger partial charge in [0.25, 0.3) is 0 Å². The summed E-state index contributed by atoms with van der Waals surface area (Å²) < 4.78 is 10.1. The largest absolute Gasteiger partial charge is 0.347 e. The first-order chi connectivity index (χ1) is 3.92. The lowest BCUT2D eigenvalue weighted by Crippen LogP contribution is -1.91. The molecule has 2 N–H and O–H groups in total. The molecule has 0 unspecified atom stereocenters. The molecule has 0 aromatic carbocycles. The van der Waals surface area contributed by atoms with Crippen LogP contribution in [-0.2, 0) is 4.57 Å². The third-order valence-corrected chi connectivity index (χ3v) is 1.23. The second-order valence-electron chi connectivity index (χ2n) is 2.17. The molecule has 0 saturated carbocycles. The summed E-state index contributed by atoms with van der Waals surface area (Å²) >= 11 is 0. The van der Waals surface area contributed by atoms with Gasteiger partial charge >= 0.3 is 7.60 Å². The molecule has 0 spiro atoms. The van der Waals surface area contributed by atoms with Crippen molar-refractivity contribution in [3.63, 3.8) is 0 Å². The van der Waals surface area contributed by atoms with Crippen molar-refractivity contribution in [1.82, 2.24) is 0 Å². The van der Waals surface area contributed by atoms with Crippen LogP contribution in [0.5, 0.6) is 0 Å². The van der Waals surface area contributed by atoms with Crippen LogP contribution in [0.25, 0.3) is 0 Å². The summed E-state index contributed by atoms with van der Waals surface area (Å²) in [7, 11) is -3.90. The van der Waals surface area contributed by atoms with E-state index in [0.29, 0.717) is 0 Å². The van der Waals surface area contributed by atoms with Crippen LogP contribution in [0.2, 0.25) is 13.6 Å². The first kappa shape index (κ1) is 8.95. The fourth-order valence-electron chi connectivity index (χ4n) is 0.284. The quantitative estimate of drug-likeness (QED) is 0.453. The van der Waals surface area contributed by atoms with Crippen LogP contribution in [0.4, 0.5) is 0 Å². The van der Waals surface area contributed by atoms with Crippen molar-refractivity contribution in [1.29, 1.82) is 0 Å². The Hall–Kier alpha value is -0.0451. The summed E-state index contributed by atoms with van der Waals surface area (Å²) in [5.41, 5.74) is 0. The van der Waals surface area contributed by atoms with Crippen molar-refractivity contribution in [3.8, 4) is 0 Å². The van der Waals surface area contributed by atoms with Crippen molar-refractivity contribution in [2.75, 3.05) is 0 Å². The first-order valence-corrected chi connectivity index (χ1v) is 4.34. The summed E-state index contributed by atoms with van der Waals surface area (Å²) in [6.45, 7) is 3.90. The maximum atomic E-state index is 10.1. The Labute approximate surface area is 55.0 Å². The highest BCUT2D eigenvalue weighted by Gasteiger charge is 2.05. The van der Waals surface area contributed by atoms with Crippen molar-refractivity contribution < 1.29 is 14.4 Å². The van der Waals surface area contributed by atoms with Gasteiger partial charge in [0, 0.05) is 5.82 Å². The molecule has 0 amide bonds. The molecule has 0 radical (unpaired) electrons. The fraction of sp³-hybridized carbons (Fsp3) is 0.500. The van der Waals surface area contributed by atoms with E-state index < -0.39 is 7.60 Å². The summed E-state index contributed by atoms with van der Waals surface area (Å²) in [6.07, 6.45) is 0. The van der Waals surface area contributed by atoms with E-state index in [9.17, 15) is 4.57 Å². The van der Waals surface area contributed by atoms with Crippen LogP contribution >= 0.6 is 7.60 Å². The third-order valence-electron chi connectivity index (χ3n) is 0.665. The second-order valence-corrected chi connectivity index (χ2v) is 3.65. The molecule has 0 aliphatic rings. The molecule has 5 heteroatoms. The molecule has 0 atom stereocenters. The fourth-order valence-corrected chi connectivity index (χ4v) is 0.853. The lowest BCUT2D eigenvalue weighted by atomic mass is 9.55. The van der Waals surface area contributed by atoms with Crippen LogP contribution in [-0.4, -0.2) is 16.5 Å². The molecule has 52 valence electrons. The average Bonchev–Trinajstić information content (AvgIpc) is 1.59. The van der Waals surface area contributed by atoms with E-state index in [4.69, 9.17) is 9.79 Å². The Kier molecular flexibility index (Phi) is 3.19. The topological polar surface area (TPSA) is 57.5 Å². The zero-order valence-corrected chi connectivity index (χ0v) is 6.38. The Morgan fingerprint density at radius 2 is 1.89 bits per heavy atom. The van der Waals surface area contributed by atoms with Crippen LogP contribution in [0.15, 0.2) is 11.8 Å². The molecular formula is C4H10BO3P. The third kappa shape index (κ3) is 7.95. The predicted molar refractivity (Wildman–Crippen MR) is 38.7 cm³/mol. The molecule has 0 aliphatic heterocycles. The summed E-state index contributed by atoms with van der Waals surface area (Å²) in [5.74, 6) is 2.42. The molecule has 0 fully saturated rings. The molecule has 0 heterocycles. The first-order valence-electron chi connectivity index (χ1n) is 2.66. The smallest absolute Gasteiger partial charge is 0.321 e. The SMILES string of the molecule is CB(C)C=CP(=O)(O)O. The molecule has 3 nitrogen and oxygen atoms in total. The predicted octanol–water partition coefficient (Wildman–Crippen LogP) is 0.971. The zero-order chi connectivity index (χ0) is 7.49. The summed E-state index contributed by atoms with van der Waals surface area (Å²) in [5, 5.41) is 0. The Balaban J connectivity index is 3.87. The Morgan fingerprint density at radius 3 is 2.00 bits per heavy atom. The van der Waals surface area contributed by atoms with Gasteiger partial charge in [-0.1, -0.05) is 13.6 Å². The van der Waals surface area contributed by atoms with E-state index in [1.807, 2.05) is 13.6 Å². The van der Waals surface area contributed by atoms with Crippen LogP contribution in [0.1, 0.15) is 0 Å². The lowest BCUT2D eigenvalue weighted by molar-refractivity contribution is 0.386. The van der Waals surface area contributed by atoms with Crippen molar-refractivity contribution in [2.45, 2.75) is 13.6 Å². The van der Waals surface area contributed by atoms with Crippen molar-refractivity contribution in [3.05, 3.63) is 11.8 Å². The maximum absolute atomic E-state index is 10.1. The van der Waals surface area contributed by atoms with E-state index in [-0.39, 0.29) is 6.71 Å². The highest BCUT2D eigenvalue weighted by Crippen LogP contribution is 2.35. The average molecular weight is 148 g/mol. The highest BCUT2D eigenvalue weighted by molar-refractivity contribution is 7.55. The van der Waals surface area contributed by atoms with Gasteiger partial charge in [0.05, 0.1) is 0 Å². The van der Waals surface area contributed by atoms with Gasteiger partial charge < -0.3 is 9.79 Å². The van der Waals surface area contributed by atoms with E-state index in [0.717, 1.165) is 5.82 Å². The minimum Gasteiger partial charge on any atom is -0.321 e. The maximum Gasteiger partial charge on any atom is 0.347 e. The van der Waals surface area contributed by atoms with Crippen molar-refractivity contribution in [2.24, 2.45) is 0 Å². The standard InChI is InChI=1S/C4H10BO3P/c1-5(2)3-4-9(6,7)8/h3-4H,1-2H3,(H2,6,7,8). The summed E-state index contributed by atoms with van der Waals surface area (Å²) in [6, 6.07) is 0. The van der Waals surface area contributed by atoms with Gasteiger partial charge in [0.2, 0.25) is 0 Å². The van der Waals surface area contributed by atoms with Crippen molar-refractivity contribution >= 4 is 14.3 Å². The summed E-state index contributed by atoms with van der Waals surface area (Å²) in [4.78, 5) is 16.6.